The van der Waals surface area contributed by atoms with Gasteiger partial charge < -0.3 is 5.11 Å². The molecule has 0 amide bonds. The summed E-state index contributed by atoms with van der Waals surface area (Å²) in [6, 6.07) is 12.1. The first-order valence-electron chi connectivity index (χ1n) is 7.47. The summed E-state index contributed by atoms with van der Waals surface area (Å²) in [5.41, 5.74) is 4.50. The van der Waals surface area contributed by atoms with Crippen LogP contribution in [0, 0.1) is 13.8 Å². The third-order valence-electron chi connectivity index (χ3n) is 3.91. The fourth-order valence-corrected chi connectivity index (χ4v) is 2.35. The third kappa shape index (κ3) is 4.38. The van der Waals surface area contributed by atoms with Crippen LogP contribution in [-0.4, -0.2) is 28.1 Å². The number of aliphatic hydroxyl groups is 1. The molecule has 0 spiro atoms. The average Bonchev–Trinajstić information content (AvgIpc) is 2.50. The van der Waals surface area contributed by atoms with E-state index in [4.69, 9.17) is 0 Å². The highest BCUT2D eigenvalue weighted by Gasteiger charge is 2.13. The van der Waals surface area contributed by atoms with Crippen molar-refractivity contribution in [2.45, 2.75) is 33.4 Å². The van der Waals surface area contributed by atoms with Crippen molar-refractivity contribution in [1.82, 2.24) is 9.88 Å². The molecule has 0 radical (unpaired) electrons. The Kier molecular flexibility index (Phi) is 5.48. The number of rotatable bonds is 6. The Hall–Kier alpha value is -1.71. The average molecular weight is 284 g/mol. The summed E-state index contributed by atoms with van der Waals surface area (Å²) >= 11 is 0. The molecule has 0 bridgehead atoms. The third-order valence-corrected chi connectivity index (χ3v) is 3.91. The van der Waals surface area contributed by atoms with Crippen LogP contribution in [0.1, 0.15) is 35.4 Å². The number of hydrogen-bond donors (Lipinski definition) is 1. The lowest BCUT2D eigenvalue weighted by atomic mass is 10.0. The van der Waals surface area contributed by atoms with Crippen LogP contribution in [0.25, 0.3) is 0 Å². The van der Waals surface area contributed by atoms with Crippen molar-refractivity contribution in [3.05, 3.63) is 65.0 Å². The topological polar surface area (TPSA) is 36.4 Å². The van der Waals surface area contributed by atoms with Crippen molar-refractivity contribution in [2.24, 2.45) is 0 Å². The molecular formula is C18H24N2O. The maximum absolute atomic E-state index is 10.5. The lowest BCUT2D eigenvalue weighted by molar-refractivity contribution is 0.111. The van der Waals surface area contributed by atoms with Crippen molar-refractivity contribution >= 4 is 0 Å². The zero-order valence-electron chi connectivity index (χ0n) is 13.1. The maximum atomic E-state index is 10.5. The van der Waals surface area contributed by atoms with Crippen LogP contribution in [-0.2, 0) is 6.54 Å². The van der Waals surface area contributed by atoms with Crippen molar-refractivity contribution < 1.29 is 5.11 Å². The SMILES string of the molecule is CCN(Cc1ccccn1)CC(O)c1ccc(C)c(C)c1. The van der Waals surface area contributed by atoms with Crippen LogP contribution in [0.3, 0.4) is 0 Å². The molecule has 1 atom stereocenters. The first-order valence-corrected chi connectivity index (χ1v) is 7.47. The zero-order valence-corrected chi connectivity index (χ0v) is 13.1. The highest BCUT2D eigenvalue weighted by molar-refractivity contribution is 5.31. The number of aryl methyl sites for hydroxylation is 2. The quantitative estimate of drug-likeness (QED) is 0.884. The molecule has 0 aliphatic carbocycles. The summed E-state index contributed by atoms with van der Waals surface area (Å²) in [4.78, 5) is 6.56. The van der Waals surface area contributed by atoms with E-state index in [2.05, 4.69) is 42.8 Å². The van der Waals surface area contributed by atoms with Crippen molar-refractivity contribution in [1.29, 1.82) is 0 Å². The molecule has 1 heterocycles. The van der Waals surface area contributed by atoms with E-state index >= 15 is 0 Å². The van der Waals surface area contributed by atoms with E-state index in [1.54, 1.807) is 0 Å². The highest BCUT2D eigenvalue weighted by atomic mass is 16.3. The first-order chi connectivity index (χ1) is 10.1. The standard InChI is InChI=1S/C18H24N2O/c1-4-20(12-17-7-5-6-10-19-17)13-18(21)16-9-8-14(2)15(3)11-16/h5-11,18,21H,4,12-13H2,1-3H3. The van der Waals surface area contributed by atoms with Crippen molar-refractivity contribution in [2.75, 3.05) is 13.1 Å². The van der Waals surface area contributed by atoms with Gasteiger partial charge in [-0.1, -0.05) is 31.2 Å². The number of benzene rings is 1. The minimum atomic E-state index is -0.465. The molecule has 0 fully saturated rings. The highest BCUT2D eigenvalue weighted by Crippen LogP contribution is 2.18. The molecule has 1 aromatic carbocycles. The van der Waals surface area contributed by atoms with Crippen LogP contribution < -0.4 is 0 Å². The van der Waals surface area contributed by atoms with Gasteiger partial charge in [-0.3, -0.25) is 9.88 Å². The fourth-order valence-electron chi connectivity index (χ4n) is 2.35. The normalized spacial score (nSPS) is 12.6. The van der Waals surface area contributed by atoms with E-state index < -0.39 is 6.10 Å². The fraction of sp³-hybridized carbons (Fsp3) is 0.389. The minimum Gasteiger partial charge on any atom is -0.387 e. The van der Waals surface area contributed by atoms with E-state index in [0.717, 1.165) is 24.3 Å². The molecule has 3 nitrogen and oxygen atoms in total. The molecule has 0 aliphatic rings. The van der Waals surface area contributed by atoms with Gasteiger partial charge in [0.25, 0.3) is 0 Å². The molecule has 1 unspecified atom stereocenters. The van der Waals surface area contributed by atoms with Crippen molar-refractivity contribution in [3.63, 3.8) is 0 Å². The number of hydrogen-bond acceptors (Lipinski definition) is 3. The Bertz CT molecular complexity index is 569. The van der Waals surface area contributed by atoms with Crippen LogP contribution in [0.15, 0.2) is 42.6 Å². The summed E-state index contributed by atoms with van der Waals surface area (Å²) in [5.74, 6) is 0. The Morgan fingerprint density at radius 1 is 1.14 bits per heavy atom. The van der Waals surface area contributed by atoms with Crippen LogP contribution in [0.2, 0.25) is 0 Å². The molecule has 2 aromatic rings. The predicted molar refractivity (Wildman–Crippen MR) is 86.1 cm³/mol. The van der Waals surface area contributed by atoms with Crippen LogP contribution >= 0.6 is 0 Å². The number of likely N-dealkylation sites (N-methyl/N-ethyl adjacent to an activating group) is 1. The smallest absolute Gasteiger partial charge is 0.0917 e. The maximum Gasteiger partial charge on any atom is 0.0917 e. The summed E-state index contributed by atoms with van der Waals surface area (Å²) in [6.45, 7) is 8.55. The minimum absolute atomic E-state index is 0.465. The molecule has 0 aliphatic heterocycles. The van der Waals surface area contributed by atoms with Gasteiger partial charge in [-0.2, -0.15) is 0 Å². The second kappa shape index (κ2) is 7.34. The Morgan fingerprint density at radius 2 is 1.95 bits per heavy atom. The van der Waals surface area contributed by atoms with Gasteiger partial charge in [-0.05, 0) is 49.2 Å². The van der Waals surface area contributed by atoms with E-state index in [-0.39, 0.29) is 0 Å². The molecular weight excluding hydrogens is 260 g/mol. The zero-order chi connectivity index (χ0) is 15.2. The lowest BCUT2D eigenvalue weighted by Crippen LogP contribution is -2.28. The van der Waals surface area contributed by atoms with Crippen LogP contribution in [0.4, 0.5) is 0 Å². The van der Waals surface area contributed by atoms with E-state index in [1.807, 2.05) is 30.5 Å². The Labute approximate surface area is 127 Å². The molecule has 112 valence electrons. The summed E-state index contributed by atoms with van der Waals surface area (Å²) < 4.78 is 0. The molecule has 1 aromatic heterocycles. The first kappa shape index (κ1) is 15.7. The molecule has 1 N–H and O–H groups in total. The van der Waals surface area contributed by atoms with Gasteiger partial charge in [-0.25, -0.2) is 0 Å². The van der Waals surface area contributed by atoms with E-state index in [9.17, 15) is 5.11 Å². The van der Waals surface area contributed by atoms with Gasteiger partial charge in [-0.15, -0.1) is 0 Å². The van der Waals surface area contributed by atoms with Gasteiger partial charge >= 0.3 is 0 Å². The summed E-state index contributed by atoms with van der Waals surface area (Å²) in [7, 11) is 0. The molecule has 0 saturated heterocycles. The van der Waals surface area contributed by atoms with Gasteiger partial charge in [0.05, 0.1) is 11.8 Å². The van der Waals surface area contributed by atoms with Crippen LogP contribution in [0.5, 0.6) is 0 Å². The monoisotopic (exact) mass is 284 g/mol. The Morgan fingerprint density at radius 3 is 2.57 bits per heavy atom. The molecule has 21 heavy (non-hydrogen) atoms. The molecule has 3 heteroatoms. The summed E-state index contributed by atoms with van der Waals surface area (Å²) in [5, 5.41) is 10.5. The molecule has 2 rings (SSSR count). The number of nitrogens with zero attached hydrogens (tertiary/aromatic N) is 2. The van der Waals surface area contributed by atoms with E-state index in [1.165, 1.54) is 11.1 Å². The second-order valence-corrected chi connectivity index (χ2v) is 5.51. The van der Waals surface area contributed by atoms with Gasteiger partial charge in [0.1, 0.15) is 0 Å². The van der Waals surface area contributed by atoms with Gasteiger partial charge in [0.15, 0.2) is 0 Å². The number of aromatic nitrogens is 1. The number of aliphatic hydroxyl groups excluding tert-OH is 1. The largest absolute Gasteiger partial charge is 0.387 e. The Balaban J connectivity index is 2.02. The van der Waals surface area contributed by atoms with Gasteiger partial charge in [0, 0.05) is 19.3 Å². The lowest BCUT2D eigenvalue weighted by Gasteiger charge is -2.23. The summed E-state index contributed by atoms with van der Waals surface area (Å²) in [6.07, 6.45) is 1.34. The second-order valence-electron chi connectivity index (χ2n) is 5.51. The molecule has 0 saturated carbocycles. The number of pyridine rings is 1. The van der Waals surface area contributed by atoms with E-state index in [0.29, 0.717) is 6.54 Å². The van der Waals surface area contributed by atoms with Crippen molar-refractivity contribution in [3.8, 4) is 0 Å². The van der Waals surface area contributed by atoms with Gasteiger partial charge in [0.2, 0.25) is 0 Å². The predicted octanol–water partition coefficient (Wildman–Crippen LogP) is 3.25.